The molecule has 0 spiro atoms. The summed E-state index contributed by atoms with van der Waals surface area (Å²) in [6.07, 6.45) is 4.39. The first-order valence-corrected chi connectivity index (χ1v) is 16.2. The number of rotatable bonds is 9. The molecule has 1 N–H and O–H groups in total. The maximum absolute atomic E-state index is 13.8. The molecule has 4 atom stereocenters. The van der Waals surface area contributed by atoms with Gasteiger partial charge in [-0.15, -0.1) is 0 Å². The highest BCUT2D eigenvalue weighted by Crippen LogP contribution is 2.39. The lowest BCUT2D eigenvalue weighted by Crippen LogP contribution is -2.33. The summed E-state index contributed by atoms with van der Waals surface area (Å²) in [5.74, 6) is 0. The molecule has 0 aliphatic carbocycles. The van der Waals surface area contributed by atoms with E-state index >= 15 is 0 Å². The van der Waals surface area contributed by atoms with E-state index in [0.29, 0.717) is 0 Å². The Morgan fingerprint density at radius 2 is 1.19 bits per heavy atom. The van der Waals surface area contributed by atoms with Crippen LogP contribution in [0, 0.1) is 13.8 Å². The zero-order chi connectivity index (χ0) is 25.7. The number of hydrogen-bond acceptors (Lipinski definition) is 2. The average Bonchev–Trinajstić information content (AvgIpc) is 2.89. The predicted octanol–water partition coefficient (Wildman–Crippen LogP) is 6.44. The summed E-state index contributed by atoms with van der Waals surface area (Å²) in [4.78, 5) is 2.33. The Hall–Kier alpha value is -2.51. The van der Waals surface area contributed by atoms with Crippen LogP contribution in [0.1, 0.15) is 33.5 Å². The van der Waals surface area contributed by atoms with Gasteiger partial charge in [0.25, 0.3) is 0 Å². The molecule has 186 valence electrons. The van der Waals surface area contributed by atoms with Crippen LogP contribution in [0.25, 0.3) is 0 Å². The average molecular weight is 535 g/mol. The number of hydrogen-bond donors (Lipinski definition) is 1. The number of benzene rings is 4. The van der Waals surface area contributed by atoms with Gasteiger partial charge < -0.3 is 0 Å². The van der Waals surface area contributed by atoms with Crippen molar-refractivity contribution in [1.29, 1.82) is 0 Å². The first-order valence-electron chi connectivity index (χ1n) is 11.8. The molecule has 0 amide bonds. The first-order chi connectivity index (χ1) is 17.3. The zero-order valence-corrected chi connectivity index (χ0v) is 23.5. The second-order valence-corrected chi connectivity index (χ2v) is 14.0. The highest BCUT2D eigenvalue weighted by Gasteiger charge is 2.38. The van der Waals surface area contributed by atoms with Crippen LogP contribution < -0.4 is 4.72 Å². The van der Waals surface area contributed by atoms with Crippen molar-refractivity contribution in [2.75, 3.05) is 12.5 Å². The van der Waals surface area contributed by atoms with E-state index in [1.165, 1.54) is 0 Å². The Labute approximate surface area is 222 Å². The van der Waals surface area contributed by atoms with Crippen LogP contribution >= 0.6 is 0 Å². The van der Waals surface area contributed by atoms with Crippen LogP contribution in [0.15, 0.2) is 118 Å². The topological polar surface area (TPSA) is 46.2 Å². The van der Waals surface area contributed by atoms with Gasteiger partial charge >= 0.3 is 0 Å². The van der Waals surface area contributed by atoms with Crippen molar-refractivity contribution in [2.24, 2.45) is 0 Å². The van der Waals surface area contributed by atoms with E-state index in [2.05, 4.69) is 35.4 Å². The van der Waals surface area contributed by atoms with Crippen LogP contribution in [-0.4, -0.2) is 20.9 Å². The van der Waals surface area contributed by atoms with Gasteiger partial charge in [-0.25, -0.2) is 13.1 Å². The van der Waals surface area contributed by atoms with Gasteiger partial charge in [0.1, 0.15) is 11.0 Å². The second kappa shape index (κ2) is 12.2. The van der Waals surface area contributed by atoms with E-state index in [-0.39, 0.29) is 22.2 Å². The Bertz CT molecular complexity index is 1340. The monoisotopic (exact) mass is 534 g/mol. The molecule has 0 bridgehead atoms. The Morgan fingerprint density at radius 3 is 1.78 bits per heavy atom. The molecule has 0 heterocycles. The second-order valence-electron chi connectivity index (χ2n) is 9.01. The fraction of sp³-hybridized carbons (Fsp3) is 0.200. The number of aryl methyl sites for hydroxylation is 2. The van der Waals surface area contributed by atoms with E-state index in [9.17, 15) is 8.42 Å². The zero-order valence-electron chi connectivity index (χ0n) is 21.0. The van der Waals surface area contributed by atoms with Crippen LogP contribution in [0.5, 0.6) is 0 Å². The number of nitrogens with one attached hydrogen (secondary N) is 1. The molecule has 2 unspecified atom stereocenters. The van der Waals surface area contributed by atoms with Gasteiger partial charge in [0.2, 0.25) is 0 Å². The maximum atomic E-state index is 13.8. The normalized spacial score (nSPS) is 14.8. The van der Waals surface area contributed by atoms with Crippen molar-refractivity contribution in [3.05, 3.63) is 125 Å². The van der Waals surface area contributed by atoms with Crippen molar-refractivity contribution < 1.29 is 8.42 Å². The lowest BCUT2D eigenvalue weighted by atomic mass is 9.99. The molecule has 4 aromatic rings. The summed E-state index contributed by atoms with van der Waals surface area (Å²) in [6.45, 7) is 4.05. The molecule has 0 saturated carbocycles. The molecular weight excluding hydrogens is 503 g/mol. The van der Waals surface area contributed by atoms with Crippen molar-refractivity contribution in [2.45, 2.75) is 39.8 Å². The van der Waals surface area contributed by atoms with Gasteiger partial charge in [-0.2, -0.15) is 0 Å². The van der Waals surface area contributed by atoms with Gasteiger partial charge in [0.15, 0.2) is 5.25 Å². The summed E-state index contributed by atoms with van der Waals surface area (Å²) in [6, 6.07) is 33.6. The molecule has 3 nitrogen and oxygen atoms in total. The Morgan fingerprint density at radius 1 is 0.667 bits per heavy atom. The summed E-state index contributed by atoms with van der Waals surface area (Å²) in [5.41, 5.74) is 4.34. The predicted molar refractivity (Wildman–Crippen MR) is 154 cm³/mol. The van der Waals surface area contributed by atoms with Crippen LogP contribution in [0.2, 0.25) is 0 Å². The fourth-order valence-electron chi connectivity index (χ4n) is 4.19. The lowest BCUT2D eigenvalue weighted by molar-refractivity contribution is 0.610. The van der Waals surface area contributed by atoms with Gasteiger partial charge in [-0.05, 0) is 60.6 Å². The lowest BCUT2D eigenvalue weighted by Gasteiger charge is -2.27. The van der Waals surface area contributed by atoms with E-state index < -0.39 is 21.8 Å². The van der Waals surface area contributed by atoms with E-state index in [1.54, 1.807) is 0 Å². The molecular formula is C30H32NO2S3+. The van der Waals surface area contributed by atoms with Gasteiger partial charge in [0.05, 0.1) is 39.1 Å². The van der Waals surface area contributed by atoms with Gasteiger partial charge in [-0.3, -0.25) is 0 Å². The molecule has 0 aliphatic rings. The molecule has 0 radical (unpaired) electrons. The highest BCUT2D eigenvalue weighted by atomic mass is 32.2. The fourth-order valence-corrected chi connectivity index (χ4v) is 8.10. The van der Waals surface area contributed by atoms with E-state index in [4.69, 9.17) is 0 Å². The third-order valence-corrected chi connectivity index (χ3v) is 10.3. The molecule has 4 aromatic carbocycles. The standard InChI is InChI=1S/C30H32NO2S3/c1-22-14-18-25(19-15-22)35(32)28-13-9-8-12-27(28)30(34(3)4)29(24-10-6-5-7-11-24)31-36(33)26-20-16-23(2)17-21-26/h5-21,29-31H,1-4H3/q+1/t29-,30+,35?,36?/m1/s1. The first kappa shape index (κ1) is 26.6. The third kappa shape index (κ3) is 6.24. The summed E-state index contributed by atoms with van der Waals surface area (Å²) in [7, 11) is -2.87. The van der Waals surface area contributed by atoms with Crippen LogP contribution in [-0.2, 0) is 32.7 Å². The summed E-state index contributed by atoms with van der Waals surface area (Å²) < 4.78 is 30.7. The minimum Gasteiger partial charge on any atom is -0.249 e. The van der Waals surface area contributed by atoms with Crippen molar-refractivity contribution in [1.82, 2.24) is 4.72 Å². The molecule has 36 heavy (non-hydrogen) atoms. The SMILES string of the molecule is Cc1ccc(S(=O)N[C@H](c2ccccc2)[C@H](c2ccccc2S(=O)c2ccc(C)cc2)[S+](C)C)cc1. The van der Waals surface area contributed by atoms with Crippen molar-refractivity contribution in [3.63, 3.8) is 0 Å². The van der Waals surface area contributed by atoms with E-state index in [0.717, 1.165) is 36.9 Å². The minimum absolute atomic E-state index is 0.0348. The summed E-state index contributed by atoms with van der Waals surface area (Å²) >= 11 is 0. The Balaban J connectivity index is 1.78. The smallest absolute Gasteiger partial charge is 0.164 e. The molecule has 0 saturated heterocycles. The van der Waals surface area contributed by atoms with Crippen LogP contribution in [0.4, 0.5) is 0 Å². The molecule has 4 rings (SSSR count). The molecule has 6 heteroatoms. The largest absolute Gasteiger partial charge is 0.249 e. The minimum atomic E-state index is -1.41. The molecule has 0 fully saturated rings. The molecule has 0 aromatic heterocycles. The van der Waals surface area contributed by atoms with Crippen LogP contribution in [0.3, 0.4) is 0 Å². The third-order valence-electron chi connectivity index (χ3n) is 6.10. The van der Waals surface area contributed by atoms with Crippen molar-refractivity contribution >= 4 is 32.7 Å². The van der Waals surface area contributed by atoms with Crippen molar-refractivity contribution in [3.8, 4) is 0 Å². The quantitative estimate of drug-likeness (QED) is 0.251. The van der Waals surface area contributed by atoms with E-state index in [1.807, 2.05) is 98.8 Å². The molecule has 0 aliphatic heterocycles. The highest BCUT2D eigenvalue weighted by molar-refractivity contribution is 7.95. The Kier molecular flexibility index (Phi) is 8.96. The van der Waals surface area contributed by atoms with Gasteiger partial charge in [0, 0.05) is 10.5 Å². The maximum Gasteiger partial charge on any atom is 0.164 e. The van der Waals surface area contributed by atoms with Gasteiger partial charge in [-0.1, -0.05) is 83.9 Å². The summed E-state index contributed by atoms with van der Waals surface area (Å²) in [5, 5.41) is -0.0348.